The van der Waals surface area contributed by atoms with E-state index in [4.69, 9.17) is 5.73 Å². The van der Waals surface area contributed by atoms with E-state index in [0.717, 1.165) is 17.8 Å². The smallest absolute Gasteiger partial charge is 0.0692 e. The number of aliphatic hydroxyl groups excluding tert-OH is 1. The van der Waals surface area contributed by atoms with Crippen LogP contribution in [0.15, 0.2) is 24.3 Å². The molecule has 1 saturated carbocycles. The van der Waals surface area contributed by atoms with Crippen LogP contribution in [0.2, 0.25) is 0 Å². The molecule has 0 heterocycles. The van der Waals surface area contributed by atoms with Gasteiger partial charge < -0.3 is 16.2 Å². The Bertz CT molecular complexity index is 323. The minimum Gasteiger partial charge on any atom is -0.398 e. The molecule has 0 bridgehead atoms. The van der Waals surface area contributed by atoms with Gasteiger partial charge in [-0.3, -0.25) is 0 Å². The van der Waals surface area contributed by atoms with Crippen LogP contribution < -0.4 is 11.1 Å². The molecular formula is C12H18N2O. The number of benzene rings is 1. The zero-order valence-electron chi connectivity index (χ0n) is 8.82. The summed E-state index contributed by atoms with van der Waals surface area (Å²) in [6.07, 6.45) is 2.17. The second-order valence-electron chi connectivity index (χ2n) is 4.23. The standard InChI is InChI=1S/C12H18N2O/c13-11-4-2-1-3-10(11)7-14-8-12(15)9-5-6-9/h1-4,9,12,14-15H,5-8,13H2. The third-order valence-electron chi connectivity index (χ3n) is 2.89. The predicted molar refractivity (Wildman–Crippen MR) is 61.3 cm³/mol. The van der Waals surface area contributed by atoms with Gasteiger partial charge in [0.15, 0.2) is 0 Å². The molecule has 1 aliphatic carbocycles. The van der Waals surface area contributed by atoms with E-state index in [0.29, 0.717) is 12.5 Å². The van der Waals surface area contributed by atoms with Crippen molar-refractivity contribution in [2.75, 3.05) is 12.3 Å². The average molecular weight is 206 g/mol. The fourth-order valence-corrected chi connectivity index (χ4v) is 1.70. The molecule has 82 valence electrons. The fourth-order valence-electron chi connectivity index (χ4n) is 1.70. The van der Waals surface area contributed by atoms with Crippen molar-refractivity contribution in [3.8, 4) is 0 Å². The summed E-state index contributed by atoms with van der Waals surface area (Å²) in [4.78, 5) is 0. The van der Waals surface area contributed by atoms with Crippen molar-refractivity contribution in [1.29, 1.82) is 0 Å². The van der Waals surface area contributed by atoms with Gasteiger partial charge in [-0.2, -0.15) is 0 Å². The highest BCUT2D eigenvalue weighted by Crippen LogP contribution is 2.32. The molecule has 1 aliphatic rings. The van der Waals surface area contributed by atoms with Crippen molar-refractivity contribution in [2.45, 2.75) is 25.5 Å². The van der Waals surface area contributed by atoms with E-state index in [1.165, 1.54) is 12.8 Å². The molecule has 1 fully saturated rings. The molecule has 1 unspecified atom stereocenters. The van der Waals surface area contributed by atoms with Crippen LogP contribution >= 0.6 is 0 Å². The van der Waals surface area contributed by atoms with Gasteiger partial charge in [-0.1, -0.05) is 18.2 Å². The van der Waals surface area contributed by atoms with E-state index in [9.17, 15) is 5.11 Å². The number of rotatable bonds is 5. The van der Waals surface area contributed by atoms with Crippen LogP contribution in [-0.4, -0.2) is 17.8 Å². The topological polar surface area (TPSA) is 58.3 Å². The van der Waals surface area contributed by atoms with Crippen LogP contribution in [0.4, 0.5) is 5.69 Å². The van der Waals surface area contributed by atoms with Crippen molar-refractivity contribution < 1.29 is 5.11 Å². The maximum atomic E-state index is 9.64. The van der Waals surface area contributed by atoms with Crippen molar-refractivity contribution in [1.82, 2.24) is 5.32 Å². The van der Waals surface area contributed by atoms with Crippen molar-refractivity contribution >= 4 is 5.69 Å². The normalized spacial score (nSPS) is 17.7. The maximum absolute atomic E-state index is 9.64. The Morgan fingerprint density at radius 1 is 1.40 bits per heavy atom. The molecular weight excluding hydrogens is 188 g/mol. The van der Waals surface area contributed by atoms with Crippen LogP contribution in [0.5, 0.6) is 0 Å². The van der Waals surface area contributed by atoms with Crippen LogP contribution in [0.3, 0.4) is 0 Å². The van der Waals surface area contributed by atoms with Gasteiger partial charge in [-0.05, 0) is 30.4 Å². The van der Waals surface area contributed by atoms with Gasteiger partial charge >= 0.3 is 0 Å². The Balaban J connectivity index is 1.75. The molecule has 0 spiro atoms. The Kier molecular flexibility index (Phi) is 3.23. The molecule has 1 aromatic rings. The largest absolute Gasteiger partial charge is 0.398 e. The molecule has 0 amide bonds. The van der Waals surface area contributed by atoms with Crippen LogP contribution in [0, 0.1) is 5.92 Å². The zero-order chi connectivity index (χ0) is 10.7. The molecule has 1 atom stereocenters. The van der Waals surface area contributed by atoms with E-state index in [2.05, 4.69) is 5.32 Å². The van der Waals surface area contributed by atoms with Gasteiger partial charge in [0, 0.05) is 18.8 Å². The first-order valence-corrected chi connectivity index (χ1v) is 5.49. The molecule has 0 aliphatic heterocycles. The monoisotopic (exact) mass is 206 g/mol. The molecule has 3 heteroatoms. The molecule has 2 rings (SSSR count). The number of anilines is 1. The third-order valence-corrected chi connectivity index (χ3v) is 2.89. The van der Waals surface area contributed by atoms with Gasteiger partial charge in [0.1, 0.15) is 0 Å². The summed E-state index contributed by atoms with van der Waals surface area (Å²) in [5.74, 6) is 0.533. The summed E-state index contributed by atoms with van der Waals surface area (Å²) in [7, 11) is 0. The third kappa shape index (κ3) is 2.94. The minimum atomic E-state index is -0.185. The van der Waals surface area contributed by atoms with Crippen LogP contribution in [0.25, 0.3) is 0 Å². The second-order valence-corrected chi connectivity index (χ2v) is 4.23. The Morgan fingerprint density at radius 2 is 2.13 bits per heavy atom. The average Bonchev–Trinajstić information content (AvgIpc) is 3.04. The lowest BCUT2D eigenvalue weighted by Gasteiger charge is -2.11. The van der Waals surface area contributed by atoms with Crippen molar-refractivity contribution in [2.24, 2.45) is 5.92 Å². The zero-order valence-corrected chi connectivity index (χ0v) is 8.82. The highest BCUT2D eigenvalue weighted by molar-refractivity contribution is 5.46. The van der Waals surface area contributed by atoms with E-state index >= 15 is 0 Å². The lowest BCUT2D eigenvalue weighted by Crippen LogP contribution is -2.28. The Labute approximate surface area is 90.3 Å². The summed E-state index contributed by atoms with van der Waals surface area (Å²) in [5.41, 5.74) is 7.72. The molecule has 15 heavy (non-hydrogen) atoms. The molecule has 3 nitrogen and oxygen atoms in total. The van der Waals surface area contributed by atoms with Gasteiger partial charge in [0.25, 0.3) is 0 Å². The Hall–Kier alpha value is -1.06. The fraction of sp³-hybridized carbons (Fsp3) is 0.500. The predicted octanol–water partition coefficient (Wildman–Crippen LogP) is 1.13. The van der Waals surface area contributed by atoms with Gasteiger partial charge in [0.2, 0.25) is 0 Å². The number of para-hydroxylation sites is 1. The van der Waals surface area contributed by atoms with Crippen LogP contribution in [-0.2, 0) is 6.54 Å². The van der Waals surface area contributed by atoms with Gasteiger partial charge in [0.05, 0.1) is 6.10 Å². The Morgan fingerprint density at radius 3 is 2.80 bits per heavy atom. The first kappa shape index (κ1) is 10.5. The van der Waals surface area contributed by atoms with Crippen molar-refractivity contribution in [3.05, 3.63) is 29.8 Å². The number of hydrogen-bond donors (Lipinski definition) is 3. The molecule has 4 N–H and O–H groups in total. The first-order valence-electron chi connectivity index (χ1n) is 5.49. The van der Waals surface area contributed by atoms with Gasteiger partial charge in [-0.15, -0.1) is 0 Å². The number of hydrogen-bond acceptors (Lipinski definition) is 3. The maximum Gasteiger partial charge on any atom is 0.0692 e. The van der Waals surface area contributed by atoms with Crippen molar-refractivity contribution in [3.63, 3.8) is 0 Å². The lowest BCUT2D eigenvalue weighted by molar-refractivity contribution is 0.148. The minimum absolute atomic E-state index is 0.185. The number of nitrogen functional groups attached to an aromatic ring is 1. The van der Waals surface area contributed by atoms with Gasteiger partial charge in [-0.25, -0.2) is 0 Å². The second kappa shape index (κ2) is 4.64. The summed E-state index contributed by atoms with van der Waals surface area (Å²) >= 11 is 0. The summed E-state index contributed by atoms with van der Waals surface area (Å²) in [6.45, 7) is 1.40. The van der Waals surface area contributed by atoms with E-state index in [1.54, 1.807) is 0 Å². The number of aliphatic hydroxyl groups is 1. The number of nitrogens with two attached hydrogens (primary N) is 1. The first-order chi connectivity index (χ1) is 7.27. The SMILES string of the molecule is Nc1ccccc1CNCC(O)C1CC1. The summed E-state index contributed by atoms with van der Waals surface area (Å²) in [6, 6.07) is 7.81. The summed E-state index contributed by atoms with van der Waals surface area (Å²) in [5, 5.41) is 12.9. The number of nitrogens with one attached hydrogen (secondary N) is 1. The molecule has 1 aromatic carbocycles. The van der Waals surface area contributed by atoms with E-state index in [1.807, 2.05) is 24.3 Å². The van der Waals surface area contributed by atoms with E-state index < -0.39 is 0 Å². The molecule has 0 saturated heterocycles. The van der Waals surface area contributed by atoms with E-state index in [-0.39, 0.29) is 6.10 Å². The quantitative estimate of drug-likeness (QED) is 0.633. The van der Waals surface area contributed by atoms with Crippen LogP contribution in [0.1, 0.15) is 18.4 Å². The highest BCUT2D eigenvalue weighted by Gasteiger charge is 2.28. The summed E-state index contributed by atoms with van der Waals surface area (Å²) < 4.78 is 0. The lowest BCUT2D eigenvalue weighted by atomic mass is 10.1. The molecule has 0 radical (unpaired) electrons. The molecule has 0 aromatic heterocycles. The highest BCUT2D eigenvalue weighted by atomic mass is 16.3.